The normalized spacial score (nSPS) is 11.7. The third-order valence-corrected chi connectivity index (χ3v) is 3.99. The number of hydrogen-bond donors (Lipinski definition) is 2. The van der Waals surface area contributed by atoms with Crippen LogP contribution in [0, 0.1) is 11.3 Å². The van der Waals surface area contributed by atoms with Crippen LogP contribution >= 0.6 is 23.4 Å². The lowest BCUT2D eigenvalue weighted by Gasteiger charge is -2.08. The average molecular weight is 336 g/mol. The van der Waals surface area contributed by atoms with Gasteiger partial charge in [0.1, 0.15) is 16.9 Å². The Morgan fingerprint density at radius 2 is 2.09 bits per heavy atom. The van der Waals surface area contributed by atoms with Gasteiger partial charge in [0.25, 0.3) is 5.56 Å². The van der Waals surface area contributed by atoms with Gasteiger partial charge in [-0.1, -0.05) is 35.5 Å². The van der Waals surface area contributed by atoms with Crippen molar-refractivity contribution in [1.82, 2.24) is 9.97 Å². The number of thioether (sulfide) groups is 1. The fraction of sp³-hybridized carbons (Fsp3) is 0.143. The molecule has 0 saturated heterocycles. The average Bonchev–Trinajstić information content (AvgIpc) is 2.47. The first-order valence-electron chi connectivity index (χ1n) is 6.12. The van der Waals surface area contributed by atoms with Crippen LogP contribution in [0.4, 0.5) is 0 Å². The number of nitrogens with zero attached hydrogens (tertiary/aromatic N) is 2. The number of aromatic nitrogens is 2. The van der Waals surface area contributed by atoms with Crippen molar-refractivity contribution in [1.29, 1.82) is 5.26 Å². The van der Waals surface area contributed by atoms with Crippen LogP contribution in [0.15, 0.2) is 34.2 Å². The Morgan fingerprint density at radius 3 is 2.64 bits per heavy atom. The lowest BCUT2D eigenvalue weighted by Crippen LogP contribution is -2.17. The molecule has 6 nitrogen and oxygen atoms in total. The highest BCUT2D eigenvalue weighted by Gasteiger charge is 2.18. The number of nitriles is 1. The molecule has 1 aromatic carbocycles. The second-order valence-electron chi connectivity index (χ2n) is 4.31. The molecule has 0 fully saturated rings. The summed E-state index contributed by atoms with van der Waals surface area (Å²) in [7, 11) is 0. The summed E-state index contributed by atoms with van der Waals surface area (Å²) in [5, 5.41) is 17.9. The number of aliphatic carboxylic acids is 1. The topological polar surface area (TPSA) is 107 Å². The van der Waals surface area contributed by atoms with E-state index in [4.69, 9.17) is 22.0 Å². The minimum atomic E-state index is -1.02. The van der Waals surface area contributed by atoms with E-state index >= 15 is 0 Å². The zero-order chi connectivity index (χ0) is 16.3. The van der Waals surface area contributed by atoms with Gasteiger partial charge in [-0.3, -0.25) is 9.59 Å². The lowest BCUT2D eigenvalue weighted by atomic mass is 10.1. The van der Waals surface area contributed by atoms with Gasteiger partial charge in [0.15, 0.2) is 5.16 Å². The molecule has 22 heavy (non-hydrogen) atoms. The third-order valence-electron chi connectivity index (χ3n) is 2.76. The molecular weight excluding hydrogens is 326 g/mol. The Bertz CT molecular complexity index is 812. The van der Waals surface area contributed by atoms with Crippen LogP contribution in [0.1, 0.15) is 12.5 Å². The molecule has 2 N–H and O–H groups in total. The molecule has 0 saturated carbocycles. The highest BCUT2D eigenvalue weighted by molar-refractivity contribution is 8.00. The van der Waals surface area contributed by atoms with Gasteiger partial charge < -0.3 is 10.1 Å². The summed E-state index contributed by atoms with van der Waals surface area (Å²) in [6.07, 6.45) is 0. The largest absolute Gasteiger partial charge is 0.480 e. The number of carboxylic acid groups (broad SMARTS) is 1. The summed E-state index contributed by atoms with van der Waals surface area (Å²) in [6, 6.07) is 8.33. The van der Waals surface area contributed by atoms with Gasteiger partial charge in [0.05, 0.1) is 5.69 Å². The van der Waals surface area contributed by atoms with Gasteiger partial charge in [-0.25, -0.2) is 4.98 Å². The van der Waals surface area contributed by atoms with Gasteiger partial charge in [0.2, 0.25) is 0 Å². The number of hydrogen-bond acceptors (Lipinski definition) is 5. The zero-order valence-electron chi connectivity index (χ0n) is 11.3. The fourth-order valence-electron chi connectivity index (χ4n) is 1.65. The number of nitrogens with one attached hydrogen (secondary N) is 1. The predicted molar refractivity (Wildman–Crippen MR) is 83.0 cm³/mol. The van der Waals surface area contributed by atoms with Gasteiger partial charge >= 0.3 is 5.97 Å². The van der Waals surface area contributed by atoms with Crippen molar-refractivity contribution in [3.05, 3.63) is 45.2 Å². The molecule has 2 rings (SSSR count). The molecule has 0 spiro atoms. The number of aromatic amines is 1. The molecular formula is C14H10ClN3O3S. The summed E-state index contributed by atoms with van der Waals surface area (Å²) in [6.45, 7) is 1.48. The molecule has 0 amide bonds. The number of rotatable bonds is 4. The van der Waals surface area contributed by atoms with E-state index in [1.165, 1.54) is 6.92 Å². The lowest BCUT2D eigenvalue weighted by molar-refractivity contribution is -0.136. The van der Waals surface area contributed by atoms with Crippen molar-refractivity contribution in [2.45, 2.75) is 17.3 Å². The monoisotopic (exact) mass is 335 g/mol. The fourth-order valence-corrected chi connectivity index (χ4v) is 2.50. The first-order chi connectivity index (χ1) is 10.4. The van der Waals surface area contributed by atoms with Crippen LogP contribution in [0.3, 0.4) is 0 Å². The van der Waals surface area contributed by atoms with Gasteiger partial charge in [-0.15, -0.1) is 0 Å². The van der Waals surface area contributed by atoms with E-state index in [2.05, 4.69) is 9.97 Å². The number of carbonyl (C=O) groups is 1. The molecule has 112 valence electrons. The van der Waals surface area contributed by atoms with Crippen molar-refractivity contribution in [2.75, 3.05) is 0 Å². The van der Waals surface area contributed by atoms with Crippen LogP contribution in [-0.4, -0.2) is 26.3 Å². The number of benzene rings is 1. The Kier molecular flexibility index (Phi) is 4.85. The van der Waals surface area contributed by atoms with Crippen LogP contribution in [0.25, 0.3) is 11.3 Å². The maximum Gasteiger partial charge on any atom is 0.316 e. The van der Waals surface area contributed by atoms with E-state index in [0.717, 1.165) is 11.8 Å². The van der Waals surface area contributed by atoms with E-state index in [0.29, 0.717) is 10.6 Å². The van der Waals surface area contributed by atoms with E-state index in [9.17, 15) is 9.59 Å². The molecule has 1 atom stereocenters. The van der Waals surface area contributed by atoms with Crippen molar-refractivity contribution in [3.63, 3.8) is 0 Å². The molecule has 2 aromatic rings. The van der Waals surface area contributed by atoms with Crippen molar-refractivity contribution in [3.8, 4) is 17.3 Å². The number of H-pyrrole nitrogens is 1. The quantitative estimate of drug-likeness (QED) is 0.656. The van der Waals surface area contributed by atoms with Gasteiger partial charge in [-0.2, -0.15) is 5.26 Å². The first kappa shape index (κ1) is 16.1. The van der Waals surface area contributed by atoms with Crippen LogP contribution in [-0.2, 0) is 4.79 Å². The summed E-state index contributed by atoms with van der Waals surface area (Å²) < 4.78 is 0. The Morgan fingerprint density at radius 1 is 1.45 bits per heavy atom. The molecule has 0 radical (unpaired) electrons. The van der Waals surface area contributed by atoms with Gasteiger partial charge in [-0.05, 0) is 19.1 Å². The summed E-state index contributed by atoms with van der Waals surface area (Å²) >= 11 is 6.71. The van der Waals surface area contributed by atoms with Crippen molar-refractivity contribution in [2.24, 2.45) is 0 Å². The summed E-state index contributed by atoms with van der Waals surface area (Å²) in [4.78, 5) is 29.5. The smallest absolute Gasteiger partial charge is 0.316 e. The SMILES string of the molecule is C[C@H](Sc1nc(-c2ccc(Cl)cc2)c(C#N)c(=O)[nH]1)C(=O)O. The second-order valence-corrected chi connectivity index (χ2v) is 6.08. The van der Waals surface area contributed by atoms with E-state index < -0.39 is 16.8 Å². The van der Waals surface area contributed by atoms with Crippen molar-refractivity contribution >= 4 is 29.3 Å². The van der Waals surface area contributed by atoms with Crippen molar-refractivity contribution < 1.29 is 9.90 Å². The Balaban J connectivity index is 2.54. The van der Waals surface area contributed by atoms with Crippen LogP contribution in [0.2, 0.25) is 5.02 Å². The first-order valence-corrected chi connectivity index (χ1v) is 7.38. The summed E-state index contributed by atoms with van der Waals surface area (Å²) in [5.41, 5.74) is 0.0112. The molecule has 0 aliphatic rings. The molecule has 1 aromatic heterocycles. The molecule has 0 unspecified atom stereocenters. The molecule has 0 aliphatic carbocycles. The van der Waals surface area contributed by atoms with E-state index in [1.807, 2.05) is 6.07 Å². The minimum Gasteiger partial charge on any atom is -0.480 e. The third kappa shape index (κ3) is 3.47. The van der Waals surface area contributed by atoms with Crippen LogP contribution in [0.5, 0.6) is 0 Å². The second kappa shape index (κ2) is 6.64. The number of halogens is 1. The van der Waals surface area contributed by atoms with E-state index in [-0.39, 0.29) is 16.4 Å². The zero-order valence-corrected chi connectivity index (χ0v) is 12.9. The highest BCUT2D eigenvalue weighted by Crippen LogP contribution is 2.25. The predicted octanol–water partition coefficient (Wildman–Crippen LogP) is 2.53. The maximum atomic E-state index is 12.0. The Hall–Kier alpha value is -2.30. The summed E-state index contributed by atoms with van der Waals surface area (Å²) in [5.74, 6) is -1.02. The maximum absolute atomic E-state index is 12.0. The standard InChI is InChI=1S/C14H10ClN3O3S/c1-7(13(20)21)22-14-17-11(10(6-16)12(19)18-14)8-2-4-9(15)5-3-8/h2-5,7H,1H3,(H,20,21)(H,17,18,19)/t7-/m0/s1. The number of carboxylic acids is 1. The molecule has 1 heterocycles. The Labute approximate surface area is 134 Å². The minimum absolute atomic E-state index is 0.130. The highest BCUT2D eigenvalue weighted by atomic mass is 35.5. The van der Waals surface area contributed by atoms with E-state index in [1.54, 1.807) is 24.3 Å². The molecule has 8 heteroatoms. The van der Waals surface area contributed by atoms with Gasteiger partial charge in [0, 0.05) is 10.6 Å². The molecule has 0 bridgehead atoms. The molecule has 0 aliphatic heterocycles. The van der Waals surface area contributed by atoms with Crippen LogP contribution < -0.4 is 5.56 Å².